The molecule has 4 aromatic rings. The number of rotatable bonds is 3. The molecule has 5 heteroatoms. The molecule has 3 aromatic carbocycles. The van der Waals surface area contributed by atoms with Gasteiger partial charge in [0.25, 0.3) is 0 Å². The van der Waals surface area contributed by atoms with Gasteiger partial charge < -0.3 is 14.5 Å². The summed E-state index contributed by atoms with van der Waals surface area (Å²) in [6.45, 7) is 1.95. The number of hydrogen-bond donors (Lipinski definition) is 1. The maximum Gasteiger partial charge on any atom is 0.343 e. The molecular weight excluding hydrogens is 378 g/mol. The van der Waals surface area contributed by atoms with Crippen LogP contribution in [-0.4, -0.2) is 16.7 Å². The highest BCUT2D eigenvalue weighted by Crippen LogP contribution is 2.35. The van der Waals surface area contributed by atoms with E-state index in [-0.39, 0.29) is 11.5 Å². The lowest BCUT2D eigenvalue weighted by Crippen LogP contribution is -2.08. The second kappa shape index (κ2) is 7.04. The van der Waals surface area contributed by atoms with Crippen molar-refractivity contribution in [1.82, 2.24) is 4.98 Å². The molecule has 2 heterocycles. The predicted molar refractivity (Wildman–Crippen MR) is 114 cm³/mol. The molecule has 0 atom stereocenters. The number of hydrogen-bond acceptors (Lipinski definition) is 4. The quantitative estimate of drug-likeness (QED) is 0.290. The zero-order chi connectivity index (χ0) is 20.7. The van der Waals surface area contributed by atoms with Gasteiger partial charge in [-0.3, -0.25) is 4.79 Å². The number of carbonyl (C=O) groups is 2. The summed E-state index contributed by atoms with van der Waals surface area (Å²) in [6.07, 6.45) is 3.56. The third-order valence-corrected chi connectivity index (χ3v) is 5.05. The van der Waals surface area contributed by atoms with Crippen molar-refractivity contribution in [2.24, 2.45) is 0 Å². The first kappa shape index (κ1) is 17.9. The number of aryl methyl sites for hydroxylation is 1. The van der Waals surface area contributed by atoms with Crippen LogP contribution in [0.1, 0.15) is 31.8 Å². The Labute approximate surface area is 172 Å². The van der Waals surface area contributed by atoms with Gasteiger partial charge in [0.1, 0.15) is 11.5 Å². The molecular formula is C25H17NO4. The average Bonchev–Trinajstić information content (AvgIpc) is 3.30. The summed E-state index contributed by atoms with van der Waals surface area (Å²) >= 11 is 0. The van der Waals surface area contributed by atoms with Crippen molar-refractivity contribution < 1.29 is 19.1 Å². The summed E-state index contributed by atoms with van der Waals surface area (Å²) in [7, 11) is 0. The molecule has 0 bridgehead atoms. The van der Waals surface area contributed by atoms with E-state index < -0.39 is 5.97 Å². The van der Waals surface area contributed by atoms with Crippen LogP contribution < -0.4 is 9.47 Å². The van der Waals surface area contributed by atoms with Crippen LogP contribution in [0, 0.1) is 6.92 Å². The van der Waals surface area contributed by atoms with E-state index in [9.17, 15) is 9.59 Å². The van der Waals surface area contributed by atoms with Crippen molar-refractivity contribution in [2.75, 3.05) is 0 Å². The molecule has 1 aromatic heterocycles. The fourth-order valence-corrected chi connectivity index (χ4v) is 3.44. The lowest BCUT2D eigenvalue weighted by atomic mass is 10.1. The van der Waals surface area contributed by atoms with Gasteiger partial charge in [-0.2, -0.15) is 0 Å². The minimum Gasteiger partial charge on any atom is -0.452 e. The van der Waals surface area contributed by atoms with Crippen molar-refractivity contribution in [3.63, 3.8) is 0 Å². The number of H-pyrrole nitrogens is 1. The van der Waals surface area contributed by atoms with Gasteiger partial charge in [-0.15, -0.1) is 0 Å². The number of aromatic nitrogens is 1. The first-order valence-electron chi connectivity index (χ1n) is 9.52. The van der Waals surface area contributed by atoms with E-state index in [0.29, 0.717) is 22.6 Å². The van der Waals surface area contributed by atoms with E-state index in [4.69, 9.17) is 9.47 Å². The normalized spacial score (nSPS) is 14.0. The molecule has 0 fully saturated rings. The summed E-state index contributed by atoms with van der Waals surface area (Å²) in [6, 6.07) is 19.8. The van der Waals surface area contributed by atoms with Crippen LogP contribution in [-0.2, 0) is 0 Å². The first-order chi connectivity index (χ1) is 14.6. The highest BCUT2D eigenvalue weighted by atomic mass is 16.5. The minimum absolute atomic E-state index is 0.202. The Morgan fingerprint density at radius 3 is 2.67 bits per heavy atom. The molecule has 0 unspecified atom stereocenters. The highest BCUT2D eigenvalue weighted by molar-refractivity contribution is 6.15. The summed E-state index contributed by atoms with van der Waals surface area (Å²) < 4.78 is 11.2. The number of carbonyl (C=O) groups excluding carboxylic acids is 2. The highest BCUT2D eigenvalue weighted by Gasteiger charge is 2.28. The molecule has 1 aliphatic rings. The number of allylic oxidation sites excluding steroid dienone is 1. The monoisotopic (exact) mass is 395 g/mol. The zero-order valence-electron chi connectivity index (χ0n) is 16.1. The van der Waals surface area contributed by atoms with Crippen LogP contribution >= 0.6 is 0 Å². The topological polar surface area (TPSA) is 68.4 Å². The maximum absolute atomic E-state index is 12.7. The molecule has 5 rings (SSSR count). The van der Waals surface area contributed by atoms with Crippen LogP contribution in [0.2, 0.25) is 0 Å². The molecule has 0 saturated heterocycles. The summed E-state index contributed by atoms with van der Waals surface area (Å²) in [5.74, 6) is 0.262. The van der Waals surface area contributed by atoms with Gasteiger partial charge in [-0.1, -0.05) is 35.9 Å². The van der Waals surface area contributed by atoms with E-state index in [1.54, 1.807) is 36.4 Å². The Hall–Kier alpha value is -4.12. The molecule has 0 radical (unpaired) electrons. The second-order valence-electron chi connectivity index (χ2n) is 7.14. The van der Waals surface area contributed by atoms with Gasteiger partial charge in [0.15, 0.2) is 5.76 Å². The van der Waals surface area contributed by atoms with Crippen LogP contribution in [0.5, 0.6) is 11.5 Å². The van der Waals surface area contributed by atoms with E-state index in [1.165, 1.54) is 0 Å². The lowest BCUT2D eigenvalue weighted by Gasteiger charge is -2.06. The number of ketones is 1. The van der Waals surface area contributed by atoms with Crippen molar-refractivity contribution >= 4 is 28.7 Å². The average molecular weight is 395 g/mol. The lowest BCUT2D eigenvalue weighted by molar-refractivity contribution is 0.0734. The molecule has 0 aliphatic carbocycles. The summed E-state index contributed by atoms with van der Waals surface area (Å²) in [4.78, 5) is 28.3. The van der Waals surface area contributed by atoms with Gasteiger partial charge >= 0.3 is 5.97 Å². The number of Topliss-reactive ketones (excluding diaryl/α,β-unsaturated/α-hetero) is 1. The molecule has 146 valence electrons. The van der Waals surface area contributed by atoms with E-state index >= 15 is 0 Å². The Kier molecular flexibility index (Phi) is 4.21. The number of fused-ring (bicyclic) bond motifs is 2. The van der Waals surface area contributed by atoms with Crippen LogP contribution in [0.4, 0.5) is 0 Å². The van der Waals surface area contributed by atoms with Gasteiger partial charge in [-0.25, -0.2) is 4.79 Å². The molecule has 0 spiro atoms. The van der Waals surface area contributed by atoms with Crippen LogP contribution in [0.15, 0.2) is 78.7 Å². The number of para-hydroxylation sites is 1. The van der Waals surface area contributed by atoms with Gasteiger partial charge in [0, 0.05) is 28.7 Å². The number of benzene rings is 3. The Bertz CT molecular complexity index is 1330. The third kappa shape index (κ3) is 3.16. The largest absolute Gasteiger partial charge is 0.452 e. The fourth-order valence-electron chi connectivity index (χ4n) is 3.44. The smallest absolute Gasteiger partial charge is 0.343 e. The Morgan fingerprint density at radius 2 is 1.83 bits per heavy atom. The van der Waals surface area contributed by atoms with Crippen molar-refractivity contribution in [1.29, 1.82) is 0 Å². The molecule has 30 heavy (non-hydrogen) atoms. The number of ether oxygens (including phenoxy) is 2. The van der Waals surface area contributed by atoms with Crippen molar-refractivity contribution in [2.45, 2.75) is 6.92 Å². The number of aromatic amines is 1. The van der Waals surface area contributed by atoms with Crippen LogP contribution in [0.3, 0.4) is 0 Å². The minimum atomic E-state index is -0.464. The van der Waals surface area contributed by atoms with Gasteiger partial charge in [0.2, 0.25) is 5.78 Å². The van der Waals surface area contributed by atoms with Crippen LogP contribution in [0.25, 0.3) is 17.0 Å². The molecule has 1 aliphatic heterocycles. The Morgan fingerprint density at radius 1 is 1.03 bits per heavy atom. The summed E-state index contributed by atoms with van der Waals surface area (Å²) in [5.41, 5.74) is 3.81. The van der Waals surface area contributed by atoms with E-state index in [0.717, 1.165) is 22.0 Å². The molecule has 0 amide bonds. The van der Waals surface area contributed by atoms with E-state index in [1.807, 2.05) is 49.5 Å². The molecule has 5 nitrogen and oxygen atoms in total. The SMILES string of the molecule is Cc1ccc(C(=O)Oc2ccc3c(c2)O/C(=C/c2c[nH]c4ccccc24)C3=O)cc1. The predicted octanol–water partition coefficient (Wildman–Crippen LogP) is 5.31. The fraction of sp³-hybridized carbons (Fsp3) is 0.0400. The molecule has 0 saturated carbocycles. The van der Waals surface area contributed by atoms with Gasteiger partial charge in [-0.05, 0) is 43.3 Å². The number of esters is 1. The third-order valence-electron chi connectivity index (χ3n) is 5.05. The Balaban J connectivity index is 1.40. The standard InChI is InChI=1S/C25H17NO4/c1-15-6-8-16(9-7-15)25(28)29-18-10-11-20-22(13-18)30-23(24(20)27)12-17-14-26-21-5-3-2-4-19(17)21/h2-14,26H,1H3/b23-12+. The second-order valence-corrected chi connectivity index (χ2v) is 7.14. The first-order valence-corrected chi connectivity index (χ1v) is 9.52. The maximum atomic E-state index is 12.7. The number of nitrogens with one attached hydrogen (secondary N) is 1. The zero-order valence-corrected chi connectivity index (χ0v) is 16.1. The van der Waals surface area contributed by atoms with Crippen molar-refractivity contribution in [3.05, 3.63) is 101 Å². The summed E-state index contributed by atoms with van der Waals surface area (Å²) in [5, 5.41) is 1.00. The van der Waals surface area contributed by atoms with Crippen molar-refractivity contribution in [3.8, 4) is 11.5 Å². The molecule has 1 N–H and O–H groups in total. The van der Waals surface area contributed by atoms with E-state index in [2.05, 4.69) is 4.98 Å². The van der Waals surface area contributed by atoms with Gasteiger partial charge in [0.05, 0.1) is 11.1 Å².